The summed E-state index contributed by atoms with van der Waals surface area (Å²) in [7, 11) is 0. The average Bonchev–Trinajstić information content (AvgIpc) is 1.48. The van der Waals surface area contributed by atoms with Crippen LogP contribution in [-0.2, 0) is 38.7 Å². The second-order valence-corrected chi connectivity index (χ2v) is 22.8. The molecule has 0 aliphatic carbocycles. The van der Waals surface area contributed by atoms with Crippen molar-refractivity contribution in [2.45, 2.75) is 60.2 Å². The van der Waals surface area contributed by atoms with Crippen molar-refractivity contribution in [3.63, 3.8) is 0 Å². The van der Waals surface area contributed by atoms with Gasteiger partial charge in [-0.3, -0.25) is 14.4 Å². The molecule has 0 bridgehead atoms. The van der Waals surface area contributed by atoms with E-state index in [4.69, 9.17) is 14.2 Å². The average molecular weight is 1230 g/mol. The van der Waals surface area contributed by atoms with Crippen molar-refractivity contribution in [2.75, 3.05) is 9.80 Å². The van der Waals surface area contributed by atoms with E-state index >= 15 is 17.4 Å². The normalized spacial score (nSPS) is 14.0. The summed E-state index contributed by atoms with van der Waals surface area (Å²) in [5, 5.41) is 1.33. The van der Waals surface area contributed by atoms with Crippen molar-refractivity contribution in [1.82, 2.24) is 4.48 Å². The van der Waals surface area contributed by atoms with Gasteiger partial charge in [-0.25, -0.2) is 23.3 Å². The molecule has 0 saturated carbocycles. The predicted molar refractivity (Wildman–Crippen MR) is 345 cm³/mol. The van der Waals surface area contributed by atoms with Crippen molar-refractivity contribution >= 4 is 81.5 Å². The van der Waals surface area contributed by atoms with Gasteiger partial charge in [0.1, 0.15) is 41.9 Å². The molecular weight excluding hydrogens is 1170 g/mol. The van der Waals surface area contributed by atoms with Crippen LogP contribution in [0, 0.1) is 25.5 Å². The van der Waals surface area contributed by atoms with Crippen LogP contribution < -0.4 is 14.5 Å². The van der Waals surface area contributed by atoms with Crippen molar-refractivity contribution in [3.8, 4) is 16.9 Å². The molecule has 17 heteroatoms. The third kappa shape index (κ3) is 10.6. The van der Waals surface area contributed by atoms with Gasteiger partial charge < -0.3 is 36.7 Å². The highest BCUT2D eigenvalue weighted by molar-refractivity contribution is 6.59. The maximum Gasteiger partial charge on any atom is 0.737 e. The Balaban J connectivity index is 0.718. The minimum atomic E-state index is -4.98. The predicted octanol–water partition coefficient (Wildman–Crippen LogP) is 16.3. The van der Waals surface area contributed by atoms with Gasteiger partial charge in [-0.05, 0) is 139 Å². The van der Waals surface area contributed by atoms with Crippen LogP contribution in [0.4, 0.5) is 40.2 Å². The highest BCUT2D eigenvalue weighted by Gasteiger charge is 2.59. The van der Waals surface area contributed by atoms with E-state index in [0.717, 1.165) is 56.2 Å². The molecule has 4 heterocycles. The number of fused-ring (bicyclic) bond motifs is 2. The molecule has 2 amide bonds. The Morgan fingerprint density at radius 3 is 1.70 bits per heavy atom. The van der Waals surface area contributed by atoms with E-state index in [1.807, 2.05) is 66.7 Å². The summed E-state index contributed by atoms with van der Waals surface area (Å²) in [5.41, 5.74) is 4.87. The molecule has 456 valence electrons. The van der Waals surface area contributed by atoms with Gasteiger partial charge in [0.2, 0.25) is 0 Å². The van der Waals surface area contributed by atoms with Gasteiger partial charge in [0.15, 0.2) is 5.70 Å². The largest absolute Gasteiger partial charge is 0.737 e. The summed E-state index contributed by atoms with van der Waals surface area (Å²) in [6.45, 7) is 0.00322. The number of hydrogen-bond acceptors (Lipinski definition) is 9. The smallest absolute Gasteiger partial charge is 0.457 e. The van der Waals surface area contributed by atoms with Crippen molar-refractivity contribution in [2.24, 2.45) is 0 Å². The molecule has 3 aliphatic heterocycles. The number of carbonyl (C=O) groups excluding carboxylic acids is 5. The van der Waals surface area contributed by atoms with E-state index < -0.39 is 59.6 Å². The highest BCUT2D eigenvalue weighted by atomic mass is 19.2. The Labute approximate surface area is 527 Å². The molecule has 13 rings (SSSR count). The van der Waals surface area contributed by atoms with Gasteiger partial charge in [-0.15, -0.1) is 0 Å². The number of imide groups is 1. The quantitative estimate of drug-likeness (QED) is 0.0288. The first-order chi connectivity index (χ1) is 44.5. The van der Waals surface area contributed by atoms with Crippen LogP contribution in [0.25, 0.3) is 27.5 Å². The van der Waals surface area contributed by atoms with Crippen LogP contribution >= 0.6 is 0 Å². The number of nitrogens with zero attached hydrogens (tertiary/aromatic N) is 4. The molecular formula is C75H57BF4N4O8. The molecule has 3 aliphatic rings. The number of rotatable bonds is 17. The minimum Gasteiger partial charge on any atom is -0.457 e. The summed E-state index contributed by atoms with van der Waals surface area (Å²) in [4.78, 5) is 73.3. The molecule has 0 saturated heterocycles. The first-order valence-corrected chi connectivity index (χ1v) is 30.0. The Bertz CT molecular complexity index is 4680. The fourth-order valence-electron chi connectivity index (χ4n) is 13.0. The van der Waals surface area contributed by atoms with Crippen LogP contribution in [0.5, 0.6) is 5.75 Å². The number of allylic oxidation sites excluding steroid dienone is 1. The number of para-hydroxylation sites is 2. The second kappa shape index (κ2) is 24.3. The van der Waals surface area contributed by atoms with E-state index in [1.165, 1.54) is 27.7 Å². The van der Waals surface area contributed by atoms with Gasteiger partial charge in [0.05, 0.1) is 22.4 Å². The van der Waals surface area contributed by atoms with E-state index in [1.54, 1.807) is 97.1 Å². The summed E-state index contributed by atoms with van der Waals surface area (Å²) in [6, 6.07) is 63.3. The molecule has 0 unspecified atom stereocenters. The number of aromatic nitrogens is 1. The maximum atomic E-state index is 17.6. The molecule has 1 aromatic heterocycles. The van der Waals surface area contributed by atoms with E-state index in [9.17, 15) is 24.0 Å². The van der Waals surface area contributed by atoms with Gasteiger partial charge in [-0.2, -0.15) is 0 Å². The zero-order valence-electron chi connectivity index (χ0n) is 50.4. The molecule has 0 atom stereocenters. The highest BCUT2D eigenvalue weighted by Crippen LogP contribution is 2.49. The van der Waals surface area contributed by atoms with Crippen LogP contribution in [0.2, 0.25) is 0 Å². The lowest BCUT2D eigenvalue weighted by atomic mass is 9.83. The molecule has 9 aromatic carbocycles. The van der Waals surface area contributed by atoms with E-state index in [0.29, 0.717) is 48.7 Å². The second-order valence-electron chi connectivity index (χ2n) is 22.8. The number of aryl methyl sites for hydroxylation is 1. The van der Waals surface area contributed by atoms with E-state index in [-0.39, 0.29) is 76.7 Å². The van der Waals surface area contributed by atoms with Crippen molar-refractivity contribution in [1.29, 1.82) is 0 Å². The zero-order chi connectivity index (χ0) is 64.1. The lowest BCUT2D eigenvalue weighted by molar-refractivity contribution is -0.363. The summed E-state index contributed by atoms with van der Waals surface area (Å²) >= 11 is 0. The maximum absolute atomic E-state index is 17.6. The molecule has 0 spiro atoms. The number of hydrogen-bond donors (Lipinski definition) is 0. The number of esters is 3. The number of amides is 2. The first-order valence-electron chi connectivity index (χ1n) is 30.0. The van der Waals surface area contributed by atoms with Gasteiger partial charge in [0.25, 0.3) is 11.8 Å². The lowest BCUT2D eigenvalue weighted by Gasteiger charge is -2.34. The zero-order valence-corrected chi connectivity index (χ0v) is 50.4. The monoisotopic (exact) mass is 1230 g/mol. The third-order valence-electron chi connectivity index (χ3n) is 17.2. The SMILES string of the molecule is CC1=C(C(=O)OCc2ccccc2)C(C)=[N+]2C1=C(c1c(F)cc(OC(=O)CCCc3ccc(N4C(=O)c5cccc6c(-c7ccc(N(c8ccccc8)c8ccccc8)cc7)ccc(c56)C4=O)cc3)cc1F)c1c(C)c(C(=O)OCc3ccccc3)c(C)n1[B-]2(F)F. The fraction of sp³-hybridized carbons (Fsp3) is 0.120. The van der Waals surface area contributed by atoms with Gasteiger partial charge in [0, 0.05) is 70.3 Å². The molecule has 92 heavy (non-hydrogen) atoms. The van der Waals surface area contributed by atoms with Crippen LogP contribution in [0.1, 0.15) is 97.0 Å². The lowest BCUT2D eigenvalue weighted by Crippen LogP contribution is -2.52. The topological polar surface area (TPSA) is 127 Å². The van der Waals surface area contributed by atoms with E-state index in [2.05, 4.69) is 41.3 Å². The summed E-state index contributed by atoms with van der Waals surface area (Å²) < 4.78 is 87.2. The Morgan fingerprint density at radius 1 is 0.576 bits per heavy atom. The third-order valence-corrected chi connectivity index (χ3v) is 17.2. The number of carbonyl (C=O) groups is 5. The van der Waals surface area contributed by atoms with Gasteiger partial charge >= 0.3 is 24.9 Å². The summed E-state index contributed by atoms with van der Waals surface area (Å²) in [5.74, 6) is -6.75. The van der Waals surface area contributed by atoms with Crippen LogP contribution in [0.3, 0.4) is 0 Å². The molecule has 0 fully saturated rings. The Morgan fingerprint density at radius 2 is 1.11 bits per heavy atom. The van der Waals surface area contributed by atoms with Crippen LogP contribution in [-0.4, -0.2) is 51.4 Å². The van der Waals surface area contributed by atoms with Crippen molar-refractivity contribution < 1.29 is 60.1 Å². The fourth-order valence-corrected chi connectivity index (χ4v) is 13.0. The minimum absolute atomic E-state index is 0.0559. The molecule has 12 nitrogen and oxygen atoms in total. The molecule has 0 radical (unpaired) electrons. The standard InChI is InChI=1S/C75H57BF4N4O8/c1-45-65(74(88)90-43-50-19-9-5-10-20-50)47(3)83-70(45)69(71-46(2)66(48(4)84(71)76(83,79)80)75(89)91-44-51-21-11-6-12-22-51)68-62(77)41-57(42-63(68)78)92-64(85)30-17-23-49-31-35-56(36-32-49)82-72(86)60-29-18-28-59-58(39-40-61(67(59)60)73(82)87)52-33-37-55(38-34-52)81(53-24-13-7-14-25-53)54-26-15-8-16-27-54/h5-16,18-22,24-29,31-42H,17,23,30,43-44H2,1-4H3. The number of anilines is 4. The Kier molecular flexibility index (Phi) is 15.8. The van der Waals surface area contributed by atoms with Crippen LogP contribution in [0.15, 0.2) is 229 Å². The number of ether oxygens (including phenoxy) is 3. The van der Waals surface area contributed by atoms with Crippen molar-refractivity contribution in [3.05, 3.63) is 297 Å². The van der Waals surface area contributed by atoms with Gasteiger partial charge in [-0.1, -0.05) is 140 Å². The molecule has 10 aromatic rings. The summed E-state index contributed by atoms with van der Waals surface area (Å²) in [6.07, 6.45) is 0.376. The first kappa shape index (κ1) is 59.8. The molecule has 0 N–H and O–H groups in total. The number of halogens is 4. The Hall–Kier alpha value is -11.2. The number of benzene rings is 9.